The molecule has 2 aromatic carbocycles. The summed E-state index contributed by atoms with van der Waals surface area (Å²) in [5.41, 5.74) is 6.13. The summed E-state index contributed by atoms with van der Waals surface area (Å²) < 4.78 is 0. The summed E-state index contributed by atoms with van der Waals surface area (Å²) in [4.78, 5) is 10.9. The van der Waals surface area contributed by atoms with Crippen molar-refractivity contribution in [3.63, 3.8) is 0 Å². The van der Waals surface area contributed by atoms with E-state index in [-0.39, 0.29) is 0 Å². The van der Waals surface area contributed by atoms with Gasteiger partial charge in [0.15, 0.2) is 0 Å². The van der Waals surface area contributed by atoms with Crippen LogP contribution in [0.1, 0.15) is 47.8 Å². The van der Waals surface area contributed by atoms with E-state index in [0.717, 1.165) is 41.4 Å². The van der Waals surface area contributed by atoms with Gasteiger partial charge in [-0.25, -0.2) is 4.98 Å². The maximum Gasteiger partial charge on any atom is 0.124 e. The molecular formula is C21H24ClN3. The molecule has 1 aromatic heterocycles. The Bertz CT molecular complexity index is 899. The van der Waals surface area contributed by atoms with Crippen LogP contribution in [0, 0.1) is 13.8 Å². The highest BCUT2D eigenvalue weighted by molar-refractivity contribution is 6.31. The molecule has 4 heteroatoms. The molecule has 0 radical (unpaired) electrons. The number of piperidine rings is 1. The lowest BCUT2D eigenvalue weighted by atomic mass is 9.99. The Labute approximate surface area is 154 Å². The average molecular weight is 354 g/mol. The lowest BCUT2D eigenvalue weighted by molar-refractivity contribution is 0.134. The highest BCUT2D eigenvalue weighted by atomic mass is 35.5. The molecule has 0 bridgehead atoms. The summed E-state index contributed by atoms with van der Waals surface area (Å²) in [6.07, 6.45) is 3.66. The lowest BCUT2D eigenvalue weighted by Gasteiger charge is -2.34. The number of fused-ring (bicyclic) bond motifs is 1. The van der Waals surface area contributed by atoms with Crippen molar-refractivity contribution in [3.05, 3.63) is 63.9 Å². The third kappa shape index (κ3) is 3.44. The topological polar surface area (TPSA) is 31.9 Å². The van der Waals surface area contributed by atoms with Gasteiger partial charge in [0.05, 0.1) is 17.1 Å². The summed E-state index contributed by atoms with van der Waals surface area (Å²) in [6, 6.07) is 13.0. The summed E-state index contributed by atoms with van der Waals surface area (Å²) in [6.45, 7) is 6.46. The van der Waals surface area contributed by atoms with Crippen LogP contribution in [0.25, 0.3) is 11.0 Å². The molecule has 1 aliphatic rings. The molecule has 1 fully saturated rings. The number of rotatable bonds is 3. The number of likely N-dealkylation sites (tertiary alicyclic amines) is 1. The SMILES string of the molecule is Cc1ccc(CN2CCCCC2c2nc3ccc(Cl)cc3[nH]2)cc1C. The molecule has 3 aromatic rings. The second-order valence-electron chi connectivity index (χ2n) is 7.18. The maximum atomic E-state index is 6.12. The van der Waals surface area contributed by atoms with Crippen LogP contribution in [0.5, 0.6) is 0 Å². The number of aromatic amines is 1. The van der Waals surface area contributed by atoms with Crippen LogP contribution in [-0.2, 0) is 6.54 Å². The number of halogens is 1. The van der Waals surface area contributed by atoms with E-state index in [4.69, 9.17) is 16.6 Å². The molecule has 0 amide bonds. The fraction of sp³-hybridized carbons (Fsp3) is 0.381. The fourth-order valence-corrected chi connectivity index (χ4v) is 3.96. The van der Waals surface area contributed by atoms with Gasteiger partial charge in [0.2, 0.25) is 0 Å². The number of imidazole rings is 1. The van der Waals surface area contributed by atoms with Gasteiger partial charge in [-0.15, -0.1) is 0 Å². The van der Waals surface area contributed by atoms with Crippen LogP contribution in [0.15, 0.2) is 36.4 Å². The largest absolute Gasteiger partial charge is 0.341 e. The van der Waals surface area contributed by atoms with Crippen LogP contribution in [0.3, 0.4) is 0 Å². The van der Waals surface area contributed by atoms with E-state index in [1.807, 2.05) is 18.2 Å². The van der Waals surface area contributed by atoms with Crippen molar-refractivity contribution in [2.45, 2.75) is 45.7 Å². The fourth-order valence-electron chi connectivity index (χ4n) is 3.79. The average Bonchev–Trinajstić information content (AvgIpc) is 3.01. The number of hydrogen-bond acceptors (Lipinski definition) is 2. The number of benzene rings is 2. The van der Waals surface area contributed by atoms with E-state index in [2.05, 4.69) is 41.9 Å². The predicted molar refractivity (Wildman–Crippen MR) is 104 cm³/mol. The number of nitrogens with zero attached hydrogens (tertiary/aromatic N) is 2. The maximum absolute atomic E-state index is 6.12. The number of aromatic nitrogens is 2. The van der Waals surface area contributed by atoms with Gasteiger partial charge in [0.25, 0.3) is 0 Å². The zero-order valence-electron chi connectivity index (χ0n) is 14.8. The van der Waals surface area contributed by atoms with E-state index >= 15 is 0 Å². The second-order valence-corrected chi connectivity index (χ2v) is 7.62. The third-order valence-electron chi connectivity index (χ3n) is 5.35. The van der Waals surface area contributed by atoms with E-state index in [1.54, 1.807) is 0 Å². The molecule has 1 aliphatic heterocycles. The molecule has 4 rings (SSSR count). The van der Waals surface area contributed by atoms with Crippen molar-refractivity contribution in [1.29, 1.82) is 0 Å². The van der Waals surface area contributed by atoms with Gasteiger partial charge in [0.1, 0.15) is 5.82 Å². The van der Waals surface area contributed by atoms with Crippen molar-refractivity contribution in [2.75, 3.05) is 6.54 Å². The van der Waals surface area contributed by atoms with Gasteiger partial charge in [-0.05, 0) is 68.1 Å². The van der Waals surface area contributed by atoms with E-state index in [9.17, 15) is 0 Å². The van der Waals surface area contributed by atoms with Gasteiger partial charge in [-0.1, -0.05) is 36.2 Å². The number of aryl methyl sites for hydroxylation is 2. The van der Waals surface area contributed by atoms with Crippen LogP contribution >= 0.6 is 11.6 Å². The number of hydrogen-bond donors (Lipinski definition) is 1. The van der Waals surface area contributed by atoms with Crippen LogP contribution in [-0.4, -0.2) is 21.4 Å². The molecule has 2 heterocycles. The second kappa shape index (κ2) is 6.81. The smallest absolute Gasteiger partial charge is 0.124 e. The molecule has 3 nitrogen and oxygen atoms in total. The highest BCUT2D eigenvalue weighted by Gasteiger charge is 2.26. The van der Waals surface area contributed by atoms with Crippen molar-refractivity contribution >= 4 is 22.6 Å². The normalized spacial score (nSPS) is 18.8. The Morgan fingerprint density at radius 3 is 2.84 bits per heavy atom. The van der Waals surface area contributed by atoms with Gasteiger partial charge in [0, 0.05) is 11.6 Å². The molecule has 1 N–H and O–H groups in total. The predicted octanol–water partition coefficient (Wildman–Crippen LogP) is 5.56. The van der Waals surface area contributed by atoms with Crippen molar-refractivity contribution in [1.82, 2.24) is 14.9 Å². The molecular weight excluding hydrogens is 330 g/mol. The third-order valence-corrected chi connectivity index (χ3v) is 5.58. The first kappa shape index (κ1) is 16.6. The standard InChI is InChI=1S/C21H24ClN3/c1-14-6-7-16(11-15(14)2)13-25-10-4-3-5-20(25)21-23-18-9-8-17(22)12-19(18)24-21/h6-9,11-12,20H,3-5,10,13H2,1-2H3,(H,23,24). The Balaban J connectivity index is 1.62. The Morgan fingerprint density at radius 1 is 1.12 bits per heavy atom. The van der Waals surface area contributed by atoms with Crippen LogP contribution in [0.2, 0.25) is 5.02 Å². The van der Waals surface area contributed by atoms with Crippen molar-refractivity contribution in [2.24, 2.45) is 0 Å². The van der Waals surface area contributed by atoms with E-state index < -0.39 is 0 Å². The summed E-state index contributed by atoms with van der Waals surface area (Å²) in [5.74, 6) is 1.07. The van der Waals surface area contributed by atoms with Gasteiger partial charge >= 0.3 is 0 Å². The zero-order valence-corrected chi connectivity index (χ0v) is 15.6. The Morgan fingerprint density at radius 2 is 2.00 bits per heavy atom. The van der Waals surface area contributed by atoms with Crippen molar-refractivity contribution in [3.8, 4) is 0 Å². The minimum atomic E-state index is 0.349. The van der Waals surface area contributed by atoms with Crippen LogP contribution in [0.4, 0.5) is 0 Å². The molecule has 130 valence electrons. The monoisotopic (exact) mass is 353 g/mol. The first-order chi connectivity index (χ1) is 12.1. The van der Waals surface area contributed by atoms with E-state index in [0.29, 0.717) is 6.04 Å². The zero-order chi connectivity index (χ0) is 17.4. The molecule has 1 unspecified atom stereocenters. The minimum Gasteiger partial charge on any atom is -0.341 e. The van der Waals surface area contributed by atoms with Gasteiger partial charge < -0.3 is 4.98 Å². The molecule has 0 spiro atoms. The first-order valence-corrected chi connectivity index (χ1v) is 9.43. The summed E-state index contributed by atoms with van der Waals surface area (Å²) in [5, 5.41) is 0.748. The Hall–Kier alpha value is -1.84. The lowest BCUT2D eigenvalue weighted by Crippen LogP contribution is -2.33. The van der Waals surface area contributed by atoms with E-state index in [1.165, 1.54) is 29.5 Å². The van der Waals surface area contributed by atoms with Gasteiger partial charge in [-0.3, -0.25) is 4.90 Å². The summed E-state index contributed by atoms with van der Waals surface area (Å²) in [7, 11) is 0. The Kier molecular flexibility index (Phi) is 4.53. The van der Waals surface area contributed by atoms with Crippen molar-refractivity contribution < 1.29 is 0 Å². The number of nitrogens with one attached hydrogen (secondary N) is 1. The number of H-pyrrole nitrogens is 1. The molecule has 1 atom stereocenters. The minimum absolute atomic E-state index is 0.349. The molecule has 0 aliphatic carbocycles. The summed E-state index contributed by atoms with van der Waals surface area (Å²) >= 11 is 6.12. The molecule has 25 heavy (non-hydrogen) atoms. The van der Waals surface area contributed by atoms with Gasteiger partial charge in [-0.2, -0.15) is 0 Å². The quantitative estimate of drug-likeness (QED) is 0.668. The molecule has 1 saturated heterocycles. The molecule has 0 saturated carbocycles. The first-order valence-electron chi connectivity index (χ1n) is 9.05. The highest BCUT2D eigenvalue weighted by Crippen LogP contribution is 2.32. The van der Waals surface area contributed by atoms with Crippen LogP contribution < -0.4 is 0 Å².